The molecule has 33 heavy (non-hydrogen) atoms. The number of hydrogen-bond acceptors (Lipinski definition) is 6. The maximum atomic E-state index is 12.9. The monoisotopic (exact) mass is 541 g/mol. The standard InChI is InChI=1S/C24H17BrClN3O3S/c1-14-6-7-18(12-20(14)26)28-27-17-8-9-21(30)16(10-17)11-22-23(31)29(24(32)33-22)13-15-4-2-3-5-19(15)25/h2-12,30H,13H2,1H3/b22-11-,28-27?. The first-order chi connectivity index (χ1) is 15.8. The molecule has 0 aromatic heterocycles. The number of aryl methyl sites for hydroxylation is 1. The summed E-state index contributed by atoms with van der Waals surface area (Å²) in [5.41, 5.74) is 3.19. The minimum Gasteiger partial charge on any atom is -0.507 e. The van der Waals surface area contributed by atoms with Gasteiger partial charge in [0.25, 0.3) is 11.1 Å². The lowest BCUT2D eigenvalue weighted by molar-refractivity contribution is -0.123. The number of phenols is 1. The molecule has 166 valence electrons. The van der Waals surface area contributed by atoms with Gasteiger partial charge in [-0.25, -0.2) is 0 Å². The van der Waals surface area contributed by atoms with Gasteiger partial charge in [-0.1, -0.05) is 51.8 Å². The van der Waals surface area contributed by atoms with Crippen LogP contribution in [0.4, 0.5) is 16.2 Å². The smallest absolute Gasteiger partial charge is 0.293 e. The maximum absolute atomic E-state index is 12.9. The summed E-state index contributed by atoms with van der Waals surface area (Å²) in [6.45, 7) is 2.05. The van der Waals surface area contributed by atoms with E-state index in [0.29, 0.717) is 22.0 Å². The first-order valence-corrected chi connectivity index (χ1v) is 11.8. The maximum Gasteiger partial charge on any atom is 0.293 e. The van der Waals surface area contributed by atoms with Crippen LogP contribution < -0.4 is 0 Å². The van der Waals surface area contributed by atoms with Gasteiger partial charge in [0, 0.05) is 15.1 Å². The van der Waals surface area contributed by atoms with Crippen LogP contribution >= 0.6 is 39.3 Å². The van der Waals surface area contributed by atoms with Crippen LogP contribution in [0, 0.1) is 6.92 Å². The number of carbonyl (C=O) groups is 2. The highest BCUT2D eigenvalue weighted by Gasteiger charge is 2.35. The van der Waals surface area contributed by atoms with Crippen LogP contribution in [0.15, 0.2) is 80.3 Å². The van der Waals surface area contributed by atoms with Gasteiger partial charge in [0.15, 0.2) is 0 Å². The number of hydrogen-bond donors (Lipinski definition) is 1. The average molecular weight is 543 g/mol. The van der Waals surface area contributed by atoms with E-state index in [2.05, 4.69) is 26.2 Å². The molecule has 4 rings (SSSR count). The Bertz CT molecular complexity index is 1330. The van der Waals surface area contributed by atoms with Crippen molar-refractivity contribution in [2.75, 3.05) is 0 Å². The van der Waals surface area contributed by atoms with Crippen LogP contribution in [-0.2, 0) is 11.3 Å². The number of amides is 2. The second-order valence-electron chi connectivity index (χ2n) is 7.24. The highest BCUT2D eigenvalue weighted by Crippen LogP contribution is 2.36. The number of phenolic OH excluding ortho intramolecular Hbond substituents is 1. The number of benzene rings is 3. The Kier molecular flexibility index (Phi) is 6.97. The van der Waals surface area contributed by atoms with Crippen molar-refractivity contribution in [3.8, 4) is 5.75 Å². The normalized spacial score (nSPS) is 15.2. The summed E-state index contributed by atoms with van der Waals surface area (Å²) in [5.74, 6) is -0.452. The Morgan fingerprint density at radius 3 is 2.48 bits per heavy atom. The van der Waals surface area contributed by atoms with E-state index in [9.17, 15) is 14.7 Å². The molecule has 1 aliphatic rings. The lowest BCUT2D eigenvalue weighted by atomic mass is 10.1. The summed E-state index contributed by atoms with van der Waals surface area (Å²) in [6.07, 6.45) is 1.49. The van der Waals surface area contributed by atoms with Gasteiger partial charge in [-0.15, -0.1) is 0 Å². The fourth-order valence-corrected chi connectivity index (χ4v) is 4.47. The highest BCUT2D eigenvalue weighted by atomic mass is 79.9. The van der Waals surface area contributed by atoms with Crippen molar-refractivity contribution < 1.29 is 14.7 Å². The molecule has 3 aromatic rings. The fourth-order valence-electron chi connectivity index (χ4n) is 3.05. The number of rotatable bonds is 5. The summed E-state index contributed by atoms with van der Waals surface area (Å²) < 4.78 is 0.818. The summed E-state index contributed by atoms with van der Waals surface area (Å²) in [4.78, 5) is 26.7. The molecule has 1 aliphatic heterocycles. The van der Waals surface area contributed by atoms with Crippen LogP contribution in [-0.4, -0.2) is 21.2 Å². The second kappa shape index (κ2) is 9.91. The first kappa shape index (κ1) is 23.2. The quantitative estimate of drug-likeness (QED) is 0.264. The molecule has 0 aliphatic carbocycles. The predicted octanol–water partition coefficient (Wildman–Crippen LogP) is 7.77. The second-order valence-corrected chi connectivity index (χ2v) is 9.49. The summed E-state index contributed by atoms with van der Waals surface area (Å²) >= 11 is 10.4. The minimum absolute atomic E-state index is 0.0371. The number of nitrogens with zero attached hydrogens (tertiary/aromatic N) is 3. The van der Waals surface area contributed by atoms with Gasteiger partial charge < -0.3 is 5.11 Å². The molecule has 0 radical (unpaired) electrons. The molecule has 2 amide bonds. The van der Waals surface area contributed by atoms with Gasteiger partial charge in [-0.3, -0.25) is 14.5 Å². The Hall–Kier alpha value is -2.94. The molecule has 0 saturated carbocycles. The number of azo groups is 1. The van der Waals surface area contributed by atoms with E-state index in [0.717, 1.165) is 27.4 Å². The lowest BCUT2D eigenvalue weighted by Crippen LogP contribution is -2.27. The van der Waals surface area contributed by atoms with Crippen LogP contribution in [0.25, 0.3) is 6.08 Å². The minimum atomic E-state index is -0.415. The number of carbonyl (C=O) groups excluding carboxylic acids is 2. The third-order valence-electron chi connectivity index (χ3n) is 4.89. The van der Waals surface area contributed by atoms with E-state index in [1.54, 1.807) is 24.3 Å². The van der Waals surface area contributed by atoms with Crippen LogP contribution in [0.1, 0.15) is 16.7 Å². The van der Waals surface area contributed by atoms with E-state index < -0.39 is 5.91 Å². The summed E-state index contributed by atoms with van der Waals surface area (Å²) in [6, 6.07) is 17.4. The Morgan fingerprint density at radius 1 is 1.06 bits per heavy atom. The predicted molar refractivity (Wildman–Crippen MR) is 134 cm³/mol. The van der Waals surface area contributed by atoms with Crippen molar-refractivity contribution in [1.29, 1.82) is 0 Å². The van der Waals surface area contributed by atoms with Gasteiger partial charge >= 0.3 is 0 Å². The van der Waals surface area contributed by atoms with E-state index in [-0.39, 0.29) is 22.4 Å². The van der Waals surface area contributed by atoms with Crippen molar-refractivity contribution in [1.82, 2.24) is 4.90 Å². The molecule has 1 fully saturated rings. The molecule has 0 unspecified atom stereocenters. The van der Waals surface area contributed by atoms with Crippen molar-refractivity contribution in [2.24, 2.45) is 10.2 Å². The van der Waals surface area contributed by atoms with Crippen molar-refractivity contribution in [3.63, 3.8) is 0 Å². The van der Waals surface area contributed by atoms with E-state index in [1.807, 2.05) is 37.3 Å². The van der Waals surface area contributed by atoms with Gasteiger partial charge in [0.05, 0.1) is 22.8 Å². The summed E-state index contributed by atoms with van der Waals surface area (Å²) in [7, 11) is 0. The number of aromatic hydroxyl groups is 1. The summed E-state index contributed by atoms with van der Waals surface area (Å²) in [5, 5.41) is 18.9. The van der Waals surface area contributed by atoms with Crippen molar-refractivity contribution in [3.05, 3.63) is 91.8 Å². The molecule has 0 bridgehead atoms. The van der Waals surface area contributed by atoms with Gasteiger partial charge in [-0.05, 0) is 72.3 Å². The van der Waals surface area contributed by atoms with Crippen molar-refractivity contribution in [2.45, 2.75) is 13.5 Å². The van der Waals surface area contributed by atoms with E-state index in [4.69, 9.17) is 11.6 Å². The zero-order valence-corrected chi connectivity index (χ0v) is 20.5. The first-order valence-electron chi connectivity index (χ1n) is 9.81. The molecule has 1 heterocycles. The number of thioether (sulfide) groups is 1. The van der Waals surface area contributed by atoms with Gasteiger partial charge in [0.2, 0.25) is 0 Å². The number of imide groups is 1. The Balaban J connectivity index is 1.56. The molecule has 3 aromatic carbocycles. The van der Waals surface area contributed by atoms with Gasteiger partial charge in [0.1, 0.15) is 5.75 Å². The largest absolute Gasteiger partial charge is 0.507 e. The van der Waals surface area contributed by atoms with E-state index in [1.165, 1.54) is 17.0 Å². The third-order valence-corrected chi connectivity index (χ3v) is 6.98. The molecule has 6 nitrogen and oxygen atoms in total. The molecule has 0 atom stereocenters. The number of halogens is 2. The van der Waals surface area contributed by atoms with Crippen LogP contribution in [0.5, 0.6) is 5.75 Å². The molecule has 9 heteroatoms. The molecular weight excluding hydrogens is 526 g/mol. The third kappa shape index (κ3) is 5.35. The van der Waals surface area contributed by atoms with Crippen LogP contribution in [0.2, 0.25) is 5.02 Å². The fraction of sp³-hybridized carbons (Fsp3) is 0.0833. The Labute approximate surface area is 208 Å². The van der Waals surface area contributed by atoms with Gasteiger partial charge in [-0.2, -0.15) is 10.2 Å². The zero-order chi connectivity index (χ0) is 23.5. The molecular formula is C24H17BrClN3O3S. The van der Waals surface area contributed by atoms with Crippen LogP contribution in [0.3, 0.4) is 0 Å². The van der Waals surface area contributed by atoms with E-state index >= 15 is 0 Å². The van der Waals surface area contributed by atoms with Crippen molar-refractivity contribution >= 4 is 67.9 Å². The Morgan fingerprint density at radius 2 is 1.76 bits per heavy atom. The lowest BCUT2D eigenvalue weighted by Gasteiger charge is -2.13. The zero-order valence-electron chi connectivity index (χ0n) is 17.3. The molecule has 0 spiro atoms. The topological polar surface area (TPSA) is 82.3 Å². The molecule has 1 saturated heterocycles. The SMILES string of the molecule is Cc1ccc(N=Nc2ccc(O)c(/C=C3\SC(=O)N(Cc4ccccc4Br)C3=O)c2)cc1Cl. The highest BCUT2D eigenvalue weighted by molar-refractivity contribution is 9.10. The average Bonchev–Trinajstić information content (AvgIpc) is 3.05. The molecule has 1 N–H and O–H groups in total.